The van der Waals surface area contributed by atoms with Gasteiger partial charge in [-0.2, -0.15) is 5.10 Å². The fraction of sp³-hybridized carbons (Fsp3) is 0.348. The number of hydrogen-bond acceptors (Lipinski definition) is 2. The van der Waals surface area contributed by atoms with E-state index in [1.807, 2.05) is 12.1 Å². The van der Waals surface area contributed by atoms with Crippen LogP contribution in [0.1, 0.15) is 49.8 Å². The summed E-state index contributed by atoms with van der Waals surface area (Å²) in [6.45, 7) is 6.56. The Hall–Kier alpha value is -2.26. The largest absolute Gasteiger partial charge is 0.371 e. The molecule has 2 aromatic carbocycles. The molecule has 1 aliphatic rings. The maximum absolute atomic E-state index is 6.00. The van der Waals surface area contributed by atoms with Crippen molar-refractivity contribution in [3.8, 4) is 11.3 Å². The van der Waals surface area contributed by atoms with Gasteiger partial charge in [-0.3, -0.25) is 5.10 Å². The number of nitrogens with one attached hydrogen (secondary N) is 1. The number of hydrogen-bond donors (Lipinski definition) is 1. The monoisotopic (exact) mass is 379 g/mol. The minimum absolute atomic E-state index is 0.546. The highest BCUT2D eigenvalue weighted by atomic mass is 35.5. The number of H-pyrrole nitrogens is 1. The predicted molar refractivity (Wildman–Crippen MR) is 114 cm³/mol. The highest BCUT2D eigenvalue weighted by Gasteiger charge is 2.22. The first kappa shape index (κ1) is 18.1. The quantitative estimate of drug-likeness (QED) is 0.582. The van der Waals surface area contributed by atoms with Crippen molar-refractivity contribution < 1.29 is 0 Å². The van der Waals surface area contributed by atoms with Crippen LogP contribution in [-0.2, 0) is 0 Å². The van der Waals surface area contributed by atoms with Crippen LogP contribution >= 0.6 is 11.6 Å². The molecule has 1 fully saturated rings. The zero-order valence-electron chi connectivity index (χ0n) is 16.0. The zero-order chi connectivity index (χ0) is 18.8. The van der Waals surface area contributed by atoms with Gasteiger partial charge in [-0.1, -0.05) is 49.7 Å². The molecule has 1 N–H and O–H groups in total. The molecule has 4 heteroatoms. The van der Waals surface area contributed by atoms with Gasteiger partial charge in [-0.25, -0.2) is 0 Å². The van der Waals surface area contributed by atoms with Crippen molar-refractivity contribution in [3.05, 3.63) is 70.9 Å². The molecule has 1 aliphatic heterocycles. The van der Waals surface area contributed by atoms with Crippen LogP contribution in [0.25, 0.3) is 11.3 Å². The van der Waals surface area contributed by atoms with E-state index < -0.39 is 0 Å². The third kappa shape index (κ3) is 4.03. The Morgan fingerprint density at radius 1 is 1.00 bits per heavy atom. The second kappa shape index (κ2) is 7.77. The van der Waals surface area contributed by atoms with E-state index in [9.17, 15) is 0 Å². The summed E-state index contributed by atoms with van der Waals surface area (Å²) in [6, 6.07) is 19.2. The summed E-state index contributed by atoms with van der Waals surface area (Å²) in [5.74, 6) is 1.10. The summed E-state index contributed by atoms with van der Waals surface area (Å²) >= 11 is 6.00. The Morgan fingerprint density at radius 3 is 2.30 bits per heavy atom. The van der Waals surface area contributed by atoms with E-state index in [1.54, 1.807) is 0 Å². The molecule has 3 nitrogen and oxygen atoms in total. The molecule has 3 aromatic rings. The summed E-state index contributed by atoms with van der Waals surface area (Å²) < 4.78 is 0. The normalized spacial score (nSPS) is 15.5. The minimum atomic E-state index is 0.546. The van der Waals surface area contributed by atoms with E-state index in [0.717, 1.165) is 36.6 Å². The van der Waals surface area contributed by atoms with Gasteiger partial charge in [-0.15, -0.1) is 0 Å². The molecule has 0 bridgehead atoms. The number of aromatic amines is 1. The predicted octanol–water partition coefficient (Wildman–Crippen LogP) is 6.24. The molecule has 0 spiro atoms. The Kier molecular flexibility index (Phi) is 5.22. The first-order valence-electron chi connectivity index (χ1n) is 9.76. The summed E-state index contributed by atoms with van der Waals surface area (Å²) in [5.41, 5.74) is 6.10. The number of benzene rings is 2. The fourth-order valence-electron chi connectivity index (χ4n) is 3.83. The summed E-state index contributed by atoms with van der Waals surface area (Å²) in [4.78, 5) is 2.44. The molecule has 1 saturated heterocycles. The van der Waals surface area contributed by atoms with Crippen molar-refractivity contribution in [2.45, 2.75) is 38.5 Å². The lowest BCUT2D eigenvalue weighted by Gasteiger charge is -2.33. The van der Waals surface area contributed by atoms with Crippen molar-refractivity contribution in [1.82, 2.24) is 10.2 Å². The Balaban J connectivity index is 1.41. The van der Waals surface area contributed by atoms with Crippen LogP contribution in [-0.4, -0.2) is 23.3 Å². The first-order valence-corrected chi connectivity index (χ1v) is 10.1. The molecular weight excluding hydrogens is 354 g/mol. The lowest BCUT2D eigenvalue weighted by atomic mass is 9.92. The van der Waals surface area contributed by atoms with E-state index in [-0.39, 0.29) is 0 Å². The van der Waals surface area contributed by atoms with E-state index in [2.05, 4.69) is 71.4 Å². The maximum atomic E-state index is 6.00. The Morgan fingerprint density at radius 2 is 1.67 bits per heavy atom. The van der Waals surface area contributed by atoms with Gasteiger partial charge in [0.15, 0.2) is 0 Å². The van der Waals surface area contributed by atoms with Gasteiger partial charge in [0.05, 0.1) is 5.69 Å². The van der Waals surface area contributed by atoms with Gasteiger partial charge in [-0.05, 0) is 54.7 Å². The smallest absolute Gasteiger partial charge is 0.0923 e. The van der Waals surface area contributed by atoms with Crippen molar-refractivity contribution in [2.24, 2.45) is 0 Å². The molecule has 0 aliphatic carbocycles. The first-order chi connectivity index (χ1) is 13.1. The third-order valence-electron chi connectivity index (χ3n) is 5.60. The lowest BCUT2D eigenvalue weighted by Crippen LogP contribution is -2.32. The van der Waals surface area contributed by atoms with Crippen LogP contribution in [0, 0.1) is 0 Å². The fourth-order valence-corrected chi connectivity index (χ4v) is 3.96. The van der Waals surface area contributed by atoms with Crippen molar-refractivity contribution in [1.29, 1.82) is 0 Å². The summed E-state index contributed by atoms with van der Waals surface area (Å²) in [5, 5.41) is 8.65. The van der Waals surface area contributed by atoms with Gasteiger partial charge in [0.1, 0.15) is 0 Å². The van der Waals surface area contributed by atoms with Gasteiger partial charge in [0, 0.05) is 41.0 Å². The van der Waals surface area contributed by atoms with Gasteiger partial charge < -0.3 is 4.90 Å². The number of piperidine rings is 1. The molecular formula is C23H26ClN3. The maximum Gasteiger partial charge on any atom is 0.0923 e. The van der Waals surface area contributed by atoms with Gasteiger partial charge in [0.25, 0.3) is 0 Å². The van der Waals surface area contributed by atoms with Crippen LogP contribution in [0.5, 0.6) is 0 Å². The lowest BCUT2D eigenvalue weighted by molar-refractivity contribution is 0.495. The third-order valence-corrected chi connectivity index (χ3v) is 5.85. The Labute approximate surface area is 166 Å². The zero-order valence-corrected chi connectivity index (χ0v) is 16.7. The van der Waals surface area contributed by atoms with Crippen LogP contribution in [0.2, 0.25) is 5.02 Å². The van der Waals surface area contributed by atoms with Crippen molar-refractivity contribution in [2.75, 3.05) is 18.0 Å². The standard InChI is InChI=1S/C23H26ClN3/c1-16(2)17-3-5-18(6-4-17)22-15-23(26-25-22)19-11-13-27(14-12-19)21-9-7-20(24)8-10-21/h3-10,15-16,19H,11-14H2,1-2H3,(H,25,26). The average Bonchev–Trinajstić information content (AvgIpc) is 3.19. The van der Waals surface area contributed by atoms with Crippen LogP contribution < -0.4 is 4.90 Å². The SMILES string of the molecule is CC(C)c1ccc(-c2cc(C3CCN(c4ccc(Cl)cc4)CC3)[nH]n2)cc1. The highest BCUT2D eigenvalue weighted by molar-refractivity contribution is 6.30. The number of halogens is 1. The van der Waals surface area contributed by atoms with Crippen LogP contribution in [0.4, 0.5) is 5.69 Å². The van der Waals surface area contributed by atoms with Crippen LogP contribution in [0.15, 0.2) is 54.6 Å². The summed E-state index contributed by atoms with van der Waals surface area (Å²) in [6.07, 6.45) is 2.27. The van der Waals surface area contributed by atoms with Gasteiger partial charge in [0.2, 0.25) is 0 Å². The number of nitrogens with zero attached hydrogens (tertiary/aromatic N) is 2. The van der Waals surface area contributed by atoms with E-state index >= 15 is 0 Å². The molecule has 140 valence electrons. The summed E-state index contributed by atoms with van der Waals surface area (Å²) in [7, 11) is 0. The molecule has 0 unspecified atom stereocenters. The second-order valence-corrected chi connectivity index (χ2v) is 8.16. The van der Waals surface area contributed by atoms with Crippen LogP contribution in [0.3, 0.4) is 0 Å². The molecule has 2 heterocycles. The molecule has 0 radical (unpaired) electrons. The number of rotatable bonds is 4. The molecule has 0 amide bonds. The van der Waals surface area contributed by atoms with E-state index in [0.29, 0.717) is 11.8 Å². The van der Waals surface area contributed by atoms with E-state index in [4.69, 9.17) is 11.6 Å². The molecule has 1 aromatic heterocycles. The van der Waals surface area contributed by atoms with Crippen molar-refractivity contribution in [3.63, 3.8) is 0 Å². The minimum Gasteiger partial charge on any atom is -0.371 e. The number of anilines is 1. The Bertz CT molecular complexity index is 873. The topological polar surface area (TPSA) is 31.9 Å². The molecule has 27 heavy (non-hydrogen) atoms. The molecule has 0 atom stereocenters. The molecule has 4 rings (SSSR count). The van der Waals surface area contributed by atoms with Gasteiger partial charge >= 0.3 is 0 Å². The number of aromatic nitrogens is 2. The molecule has 0 saturated carbocycles. The van der Waals surface area contributed by atoms with Crippen molar-refractivity contribution >= 4 is 17.3 Å². The average molecular weight is 380 g/mol. The van der Waals surface area contributed by atoms with E-state index in [1.165, 1.54) is 22.5 Å². The second-order valence-electron chi connectivity index (χ2n) is 7.72. The highest BCUT2D eigenvalue weighted by Crippen LogP contribution is 2.32.